The largest absolute Gasteiger partial charge is 0.492 e. The normalized spacial score (nSPS) is 12.3. The highest BCUT2D eigenvalue weighted by Crippen LogP contribution is 2.18. The number of rotatable bonds is 4. The minimum absolute atomic E-state index is 0.0368. The Kier molecular flexibility index (Phi) is 3.37. The summed E-state index contributed by atoms with van der Waals surface area (Å²) in [6, 6.07) is 13.7. The summed E-state index contributed by atoms with van der Waals surface area (Å²) in [7, 11) is 0. The van der Waals surface area contributed by atoms with Gasteiger partial charge in [0.25, 0.3) is 0 Å². The van der Waals surface area contributed by atoms with Crippen LogP contribution in [0.25, 0.3) is 0 Å². The lowest BCUT2D eigenvalue weighted by Gasteiger charge is -2.11. The van der Waals surface area contributed by atoms with Crippen LogP contribution in [0.4, 0.5) is 0 Å². The van der Waals surface area contributed by atoms with Crippen LogP contribution >= 0.6 is 11.3 Å². The monoisotopic (exact) mass is 219 g/mol. The van der Waals surface area contributed by atoms with Crippen LogP contribution in [-0.2, 0) is 0 Å². The van der Waals surface area contributed by atoms with Gasteiger partial charge in [-0.25, -0.2) is 0 Å². The van der Waals surface area contributed by atoms with Crippen molar-refractivity contribution in [3.8, 4) is 5.75 Å². The second kappa shape index (κ2) is 4.96. The lowest BCUT2D eigenvalue weighted by Crippen LogP contribution is -2.17. The van der Waals surface area contributed by atoms with Gasteiger partial charge >= 0.3 is 0 Å². The second-order valence-electron chi connectivity index (χ2n) is 3.25. The first-order valence-electron chi connectivity index (χ1n) is 4.83. The molecule has 15 heavy (non-hydrogen) atoms. The zero-order valence-corrected chi connectivity index (χ0v) is 9.11. The van der Waals surface area contributed by atoms with Crippen molar-refractivity contribution < 1.29 is 4.74 Å². The Morgan fingerprint density at radius 1 is 1.13 bits per heavy atom. The van der Waals surface area contributed by atoms with Crippen molar-refractivity contribution in [3.63, 3.8) is 0 Å². The smallest absolute Gasteiger partial charge is 0.119 e. The molecule has 3 heteroatoms. The van der Waals surface area contributed by atoms with Gasteiger partial charge in [0.1, 0.15) is 12.4 Å². The topological polar surface area (TPSA) is 35.2 Å². The summed E-state index contributed by atoms with van der Waals surface area (Å²) in [5.41, 5.74) is 5.97. The van der Waals surface area contributed by atoms with Crippen molar-refractivity contribution in [1.29, 1.82) is 0 Å². The maximum atomic E-state index is 5.97. The Morgan fingerprint density at radius 2 is 1.93 bits per heavy atom. The highest BCUT2D eigenvalue weighted by atomic mass is 32.1. The van der Waals surface area contributed by atoms with E-state index in [0.29, 0.717) is 6.61 Å². The van der Waals surface area contributed by atoms with Gasteiger partial charge in [0.05, 0.1) is 6.04 Å². The summed E-state index contributed by atoms with van der Waals surface area (Å²) in [5.74, 6) is 0.865. The number of nitrogens with two attached hydrogens (primary N) is 1. The molecule has 78 valence electrons. The van der Waals surface area contributed by atoms with Gasteiger partial charge in [0, 0.05) is 4.88 Å². The van der Waals surface area contributed by atoms with E-state index in [-0.39, 0.29) is 6.04 Å². The van der Waals surface area contributed by atoms with Crippen molar-refractivity contribution in [2.45, 2.75) is 6.04 Å². The van der Waals surface area contributed by atoms with Crippen molar-refractivity contribution in [1.82, 2.24) is 0 Å². The molecule has 0 bridgehead atoms. The molecular formula is C12H13NOS. The van der Waals surface area contributed by atoms with Crippen LogP contribution in [-0.4, -0.2) is 6.61 Å². The maximum Gasteiger partial charge on any atom is 0.119 e. The summed E-state index contributed by atoms with van der Waals surface area (Å²) in [5, 5.41) is 2.03. The molecule has 1 aromatic heterocycles. The molecule has 2 nitrogen and oxygen atoms in total. The number of benzene rings is 1. The SMILES string of the molecule is NC(COc1ccccc1)c1cccs1. The average Bonchev–Trinajstić information content (AvgIpc) is 2.81. The van der Waals surface area contributed by atoms with E-state index in [0.717, 1.165) is 10.6 Å². The van der Waals surface area contributed by atoms with Crippen molar-refractivity contribution in [3.05, 3.63) is 52.7 Å². The molecule has 0 aliphatic carbocycles. The summed E-state index contributed by atoms with van der Waals surface area (Å²) in [6.45, 7) is 0.518. The van der Waals surface area contributed by atoms with E-state index in [4.69, 9.17) is 10.5 Å². The third-order valence-electron chi connectivity index (χ3n) is 2.08. The molecule has 0 spiro atoms. The van der Waals surface area contributed by atoms with Gasteiger partial charge in [-0.3, -0.25) is 0 Å². The molecule has 0 saturated carbocycles. The number of hydrogen-bond acceptors (Lipinski definition) is 3. The summed E-state index contributed by atoms with van der Waals surface area (Å²) in [6.07, 6.45) is 0. The maximum absolute atomic E-state index is 5.97. The Morgan fingerprint density at radius 3 is 2.60 bits per heavy atom. The summed E-state index contributed by atoms with van der Waals surface area (Å²) >= 11 is 1.66. The summed E-state index contributed by atoms with van der Waals surface area (Å²) in [4.78, 5) is 1.16. The van der Waals surface area contributed by atoms with Crippen LogP contribution in [0.1, 0.15) is 10.9 Å². The van der Waals surface area contributed by atoms with Crippen molar-refractivity contribution in [2.24, 2.45) is 5.73 Å². The van der Waals surface area contributed by atoms with E-state index in [1.807, 2.05) is 47.8 Å². The minimum Gasteiger partial charge on any atom is -0.492 e. The first-order chi connectivity index (χ1) is 7.36. The Labute approximate surface area is 93.3 Å². The number of ether oxygens (including phenoxy) is 1. The third kappa shape index (κ3) is 2.81. The van der Waals surface area contributed by atoms with Crippen molar-refractivity contribution in [2.75, 3.05) is 6.61 Å². The van der Waals surface area contributed by atoms with Crippen molar-refractivity contribution >= 4 is 11.3 Å². The summed E-state index contributed by atoms with van der Waals surface area (Å²) < 4.78 is 5.57. The van der Waals surface area contributed by atoms with Crippen LogP contribution in [0.2, 0.25) is 0 Å². The molecular weight excluding hydrogens is 206 g/mol. The third-order valence-corrected chi connectivity index (χ3v) is 3.09. The van der Waals surface area contributed by atoms with Crippen LogP contribution in [0.3, 0.4) is 0 Å². The first-order valence-corrected chi connectivity index (χ1v) is 5.71. The van der Waals surface area contributed by atoms with E-state index in [9.17, 15) is 0 Å². The van der Waals surface area contributed by atoms with E-state index in [2.05, 4.69) is 0 Å². The van der Waals surface area contributed by atoms with Gasteiger partial charge in [-0.1, -0.05) is 24.3 Å². The molecule has 0 aliphatic rings. The van der Waals surface area contributed by atoms with Gasteiger partial charge in [-0.2, -0.15) is 0 Å². The average molecular weight is 219 g/mol. The second-order valence-corrected chi connectivity index (χ2v) is 4.23. The standard InChI is InChI=1S/C12H13NOS/c13-11(12-7-4-8-15-12)9-14-10-5-2-1-3-6-10/h1-8,11H,9,13H2. The lowest BCUT2D eigenvalue weighted by atomic mass is 10.3. The van der Waals surface area contributed by atoms with Gasteiger partial charge in [-0.05, 0) is 23.6 Å². The van der Waals surface area contributed by atoms with Gasteiger partial charge in [-0.15, -0.1) is 11.3 Å². The lowest BCUT2D eigenvalue weighted by molar-refractivity contribution is 0.292. The Balaban J connectivity index is 1.89. The fourth-order valence-corrected chi connectivity index (χ4v) is 2.00. The number of hydrogen-bond donors (Lipinski definition) is 1. The molecule has 0 aliphatic heterocycles. The van der Waals surface area contributed by atoms with Crippen LogP contribution in [0, 0.1) is 0 Å². The van der Waals surface area contributed by atoms with E-state index in [1.54, 1.807) is 11.3 Å². The Bertz CT molecular complexity index is 385. The molecule has 2 aromatic rings. The van der Waals surface area contributed by atoms with E-state index in [1.165, 1.54) is 0 Å². The van der Waals surface area contributed by atoms with Crippen LogP contribution < -0.4 is 10.5 Å². The molecule has 0 radical (unpaired) electrons. The molecule has 0 saturated heterocycles. The number of para-hydroxylation sites is 1. The fraction of sp³-hybridized carbons (Fsp3) is 0.167. The van der Waals surface area contributed by atoms with Gasteiger partial charge < -0.3 is 10.5 Å². The highest BCUT2D eigenvalue weighted by molar-refractivity contribution is 7.10. The molecule has 2 rings (SSSR count). The first kappa shape index (κ1) is 10.2. The fourth-order valence-electron chi connectivity index (χ4n) is 1.29. The number of thiophene rings is 1. The van der Waals surface area contributed by atoms with Gasteiger partial charge in [0.15, 0.2) is 0 Å². The highest BCUT2D eigenvalue weighted by Gasteiger charge is 2.07. The van der Waals surface area contributed by atoms with E-state index < -0.39 is 0 Å². The van der Waals surface area contributed by atoms with Crippen LogP contribution in [0.5, 0.6) is 5.75 Å². The minimum atomic E-state index is -0.0368. The predicted octanol–water partition coefficient (Wildman–Crippen LogP) is 2.83. The molecule has 2 N–H and O–H groups in total. The van der Waals surface area contributed by atoms with Gasteiger partial charge in [0.2, 0.25) is 0 Å². The molecule has 0 amide bonds. The van der Waals surface area contributed by atoms with Crippen LogP contribution in [0.15, 0.2) is 47.8 Å². The molecule has 1 aromatic carbocycles. The predicted molar refractivity (Wildman–Crippen MR) is 63.2 cm³/mol. The Hall–Kier alpha value is -1.32. The molecule has 0 fully saturated rings. The molecule has 1 atom stereocenters. The van der Waals surface area contributed by atoms with E-state index >= 15 is 0 Å². The zero-order chi connectivity index (χ0) is 10.5. The zero-order valence-electron chi connectivity index (χ0n) is 8.30. The molecule has 1 heterocycles. The quantitative estimate of drug-likeness (QED) is 0.858. The molecule has 1 unspecified atom stereocenters.